The smallest absolute Gasteiger partial charge is 0.462 e. The molecule has 0 radical (unpaired) electrons. The number of aliphatic hydroxyl groups excluding tert-OH is 1. The van der Waals surface area contributed by atoms with E-state index in [1.807, 2.05) is 0 Å². The van der Waals surface area contributed by atoms with Crippen LogP contribution >= 0.6 is 15.6 Å². The number of aliphatic hydroxyl groups is 1. The molecule has 0 aliphatic rings. The van der Waals surface area contributed by atoms with Gasteiger partial charge >= 0.3 is 39.5 Å². The number of carbonyl (C=O) groups is 4. The van der Waals surface area contributed by atoms with E-state index in [0.717, 1.165) is 89.9 Å². The van der Waals surface area contributed by atoms with Gasteiger partial charge in [-0.1, -0.05) is 426 Å². The number of phosphoric acid groups is 2. The highest BCUT2D eigenvalue weighted by molar-refractivity contribution is 7.47. The third kappa shape index (κ3) is 80.1. The number of carbonyl (C=O) groups excluding carboxylic acids is 4. The Morgan fingerprint density at radius 3 is 0.557 bits per heavy atom. The first-order chi connectivity index (χ1) is 51.7. The molecule has 0 amide bonds. The van der Waals surface area contributed by atoms with Gasteiger partial charge in [0, 0.05) is 25.7 Å². The molecule has 0 spiro atoms. The maximum atomic E-state index is 13.2. The van der Waals surface area contributed by atoms with Crippen molar-refractivity contribution in [1.29, 1.82) is 0 Å². The highest BCUT2D eigenvalue weighted by Gasteiger charge is 2.30. The van der Waals surface area contributed by atoms with E-state index in [2.05, 4.69) is 27.7 Å². The largest absolute Gasteiger partial charge is 0.472 e. The van der Waals surface area contributed by atoms with Crippen molar-refractivity contribution in [3.63, 3.8) is 0 Å². The molecular formula is C87H170O17P2. The molecule has 19 heteroatoms. The molecule has 17 nitrogen and oxygen atoms in total. The summed E-state index contributed by atoms with van der Waals surface area (Å²) >= 11 is 0. The average Bonchev–Trinajstić information content (AvgIpc) is 0.900. The van der Waals surface area contributed by atoms with E-state index < -0.39 is 97.5 Å². The fraction of sp³-hybridized carbons (Fsp3) is 0.954. The zero-order valence-electron chi connectivity index (χ0n) is 69.4. The Hall–Kier alpha value is -1.94. The Morgan fingerprint density at radius 1 is 0.226 bits per heavy atom. The Balaban J connectivity index is 5.23. The Kier molecular flexibility index (Phi) is 79.6. The van der Waals surface area contributed by atoms with Crippen LogP contribution in [0.15, 0.2) is 0 Å². The van der Waals surface area contributed by atoms with Crippen LogP contribution in [0.5, 0.6) is 0 Å². The van der Waals surface area contributed by atoms with Crippen molar-refractivity contribution in [2.24, 2.45) is 0 Å². The molecule has 0 aromatic heterocycles. The molecule has 0 fully saturated rings. The SMILES string of the molecule is CCCCCCCCCCCCCCCCCCCCCCC(=O)O[C@H](COC(=O)CCCCCCCCCCCCCCCCCCCCC)COP(=O)(O)OC[C@@H](O)COP(=O)(O)OC[C@@H](COC(=O)CCCCCCCCCCCCC)OC(=O)CCCCCCCCCCCCCCCCCC. The second-order valence-electron chi connectivity index (χ2n) is 31.3. The van der Waals surface area contributed by atoms with Gasteiger partial charge in [0.25, 0.3) is 0 Å². The van der Waals surface area contributed by atoms with Crippen LogP contribution < -0.4 is 0 Å². The van der Waals surface area contributed by atoms with Crippen LogP contribution in [0.25, 0.3) is 0 Å². The monoisotopic (exact) mass is 1550 g/mol. The van der Waals surface area contributed by atoms with Crippen LogP contribution in [-0.2, 0) is 65.4 Å². The third-order valence-electron chi connectivity index (χ3n) is 20.6. The topological polar surface area (TPSA) is 237 Å². The lowest BCUT2D eigenvalue weighted by atomic mass is 10.0. The zero-order valence-corrected chi connectivity index (χ0v) is 71.2. The van der Waals surface area contributed by atoms with E-state index in [9.17, 15) is 43.2 Å². The minimum atomic E-state index is -4.97. The molecular weight excluding hydrogens is 1380 g/mol. The van der Waals surface area contributed by atoms with Crippen molar-refractivity contribution >= 4 is 39.5 Å². The molecule has 3 N–H and O–H groups in total. The summed E-state index contributed by atoms with van der Waals surface area (Å²) in [5.74, 6) is -2.09. The number of hydrogen-bond donors (Lipinski definition) is 3. The lowest BCUT2D eigenvalue weighted by Crippen LogP contribution is -2.30. The minimum absolute atomic E-state index is 0.109. The summed E-state index contributed by atoms with van der Waals surface area (Å²) < 4.78 is 68.9. The van der Waals surface area contributed by atoms with E-state index in [0.29, 0.717) is 25.7 Å². The van der Waals surface area contributed by atoms with Gasteiger partial charge in [-0.05, 0) is 25.7 Å². The molecule has 2 unspecified atom stereocenters. The summed E-state index contributed by atoms with van der Waals surface area (Å²) in [6.45, 7) is 5.07. The van der Waals surface area contributed by atoms with Gasteiger partial charge in [0.1, 0.15) is 19.3 Å². The number of hydrogen-bond acceptors (Lipinski definition) is 15. The van der Waals surface area contributed by atoms with Crippen LogP contribution in [-0.4, -0.2) is 96.7 Å². The molecule has 0 aliphatic carbocycles. The summed E-state index contributed by atoms with van der Waals surface area (Å²) in [5.41, 5.74) is 0. The third-order valence-corrected chi connectivity index (χ3v) is 22.5. The summed E-state index contributed by atoms with van der Waals surface area (Å²) in [6.07, 6.45) is 76.3. The predicted molar refractivity (Wildman–Crippen MR) is 437 cm³/mol. The van der Waals surface area contributed by atoms with Crippen LogP contribution in [0.1, 0.15) is 477 Å². The second kappa shape index (κ2) is 81.1. The quantitative estimate of drug-likeness (QED) is 0.0222. The molecule has 0 aliphatic heterocycles. The molecule has 106 heavy (non-hydrogen) atoms. The molecule has 0 rings (SSSR count). The highest BCUT2D eigenvalue weighted by Crippen LogP contribution is 2.45. The summed E-state index contributed by atoms with van der Waals surface area (Å²) in [6, 6.07) is 0. The number of unbranched alkanes of at least 4 members (excludes halogenated alkanes) is 62. The van der Waals surface area contributed by atoms with Crippen LogP contribution in [0.4, 0.5) is 0 Å². The second-order valence-corrected chi connectivity index (χ2v) is 34.2. The fourth-order valence-electron chi connectivity index (χ4n) is 13.7. The maximum Gasteiger partial charge on any atom is 0.472 e. The van der Waals surface area contributed by atoms with Gasteiger partial charge in [-0.3, -0.25) is 37.3 Å². The lowest BCUT2D eigenvalue weighted by Gasteiger charge is -2.21. The Labute approximate surface area is 651 Å². The fourth-order valence-corrected chi connectivity index (χ4v) is 15.3. The normalized spacial score (nSPS) is 13.7. The van der Waals surface area contributed by atoms with Gasteiger partial charge in [0.15, 0.2) is 12.2 Å². The van der Waals surface area contributed by atoms with Crippen molar-refractivity contribution in [1.82, 2.24) is 0 Å². The number of ether oxygens (including phenoxy) is 4. The van der Waals surface area contributed by atoms with Crippen molar-refractivity contribution < 1.29 is 80.2 Å². The summed E-state index contributed by atoms with van der Waals surface area (Å²) in [7, 11) is -9.93. The summed E-state index contributed by atoms with van der Waals surface area (Å²) in [4.78, 5) is 73.3. The first kappa shape index (κ1) is 104. The molecule has 0 saturated heterocycles. The van der Waals surface area contributed by atoms with E-state index in [4.69, 9.17) is 37.0 Å². The van der Waals surface area contributed by atoms with Gasteiger partial charge in [-0.2, -0.15) is 0 Å². The lowest BCUT2D eigenvalue weighted by molar-refractivity contribution is -0.161. The average molecular weight is 1550 g/mol. The van der Waals surface area contributed by atoms with Crippen molar-refractivity contribution in [3.05, 3.63) is 0 Å². The van der Waals surface area contributed by atoms with Gasteiger partial charge in [-0.25, -0.2) is 9.13 Å². The zero-order chi connectivity index (χ0) is 77.4. The molecule has 0 saturated carbocycles. The van der Waals surface area contributed by atoms with Gasteiger partial charge < -0.3 is 33.8 Å². The van der Waals surface area contributed by atoms with E-state index in [-0.39, 0.29) is 25.7 Å². The van der Waals surface area contributed by atoms with Crippen LogP contribution in [0, 0.1) is 0 Å². The van der Waals surface area contributed by atoms with Crippen molar-refractivity contribution in [3.8, 4) is 0 Å². The molecule has 630 valence electrons. The first-order valence-electron chi connectivity index (χ1n) is 45.3. The standard InChI is InChI=1S/C87H170O17P2/c1-5-9-13-17-21-25-29-32-35-38-40-42-44-47-50-54-58-62-66-70-74-87(92)104-83(78-98-85(90)72-68-64-60-56-52-48-46-43-41-39-36-33-30-26-22-18-14-10-6-2)80-102-106(95,96)100-76-81(88)75-99-105(93,94)101-79-82(77-97-84(89)71-67-63-59-55-51-28-24-20-16-12-8-4)103-86(91)73-69-65-61-57-53-49-45-37-34-31-27-23-19-15-11-7-3/h81-83,88H,5-80H2,1-4H3,(H,93,94)(H,95,96)/t81-,82+,83+/m0/s1. The maximum absolute atomic E-state index is 13.2. The van der Waals surface area contributed by atoms with Gasteiger partial charge in [-0.15, -0.1) is 0 Å². The number of rotatable bonds is 88. The Morgan fingerprint density at radius 2 is 0.377 bits per heavy atom. The number of esters is 4. The molecule has 0 aromatic carbocycles. The van der Waals surface area contributed by atoms with Crippen LogP contribution in [0.3, 0.4) is 0 Å². The van der Waals surface area contributed by atoms with Crippen molar-refractivity contribution in [2.75, 3.05) is 39.6 Å². The molecule has 0 heterocycles. The first-order valence-corrected chi connectivity index (χ1v) is 48.3. The highest BCUT2D eigenvalue weighted by atomic mass is 31.2. The predicted octanol–water partition coefficient (Wildman–Crippen LogP) is 26.9. The van der Waals surface area contributed by atoms with E-state index in [1.165, 1.54) is 308 Å². The molecule has 0 aromatic rings. The summed E-state index contributed by atoms with van der Waals surface area (Å²) in [5, 5.41) is 10.7. The molecule has 0 bridgehead atoms. The van der Waals surface area contributed by atoms with Gasteiger partial charge in [0.2, 0.25) is 0 Å². The van der Waals surface area contributed by atoms with E-state index in [1.54, 1.807) is 0 Å². The van der Waals surface area contributed by atoms with Crippen LogP contribution in [0.2, 0.25) is 0 Å². The van der Waals surface area contributed by atoms with Crippen molar-refractivity contribution in [2.45, 2.75) is 495 Å². The van der Waals surface area contributed by atoms with E-state index >= 15 is 0 Å². The minimum Gasteiger partial charge on any atom is -0.462 e. The Bertz CT molecular complexity index is 2000. The molecule has 5 atom stereocenters. The van der Waals surface area contributed by atoms with Gasteiger partial charge in [0.05, 0.1) is 26.4 Å². The number of phosphoric ester groups is 2.